The van der Waals surface area contributed by atoms with Crippen molar-refractivity contribution < 1.29 is 14.3 Å². The van der Waals surface area contributed by atoms with E-state index in [0.29, 0.717) is 19.7 Å². The van der Waals surface area contributed by atoms with Crippen LogP contribution in [0.15, 0.2) is 18.7 Å². The number of amides is 1. The first-order valence-corrected chi connectivity index (χ1v) is 7.03. The van der Waals surface area contributed by atoms with Gasteiger partial charge in [-0.05, 0) is 26.8 Å². The third-order valence-electron chi connectivity index (χ3n) is 2.97. The molecule has 0 aromatic carbocycles. The molecule has 0 unspecified atom stereocenters. The maximum absolute atomic E-state index is 12.2. The SMILES string of the molecule is C=CCN(CC(=O)OCC)C(=O)CCn1nc(C)cc1C. The summed E-state index contributed by atoms with van der Waals surface area (Å²) in [6.45, 7) is 10.3. The lowest BCUT2D eigenvalue weighted by Gasteiger charge is -2.20. The highest BCUT2D eigenvalue weighted by atomic mass is 16.5. The van der Waals surface area contributed by atoms with Crippen LogP contribution >= 0.6 is 0 Å². The van der Waals surface area contributed by atoms with E-state index >= 15 is 0 Å². The van der Waals surface area contributed by atoms with Crippen molar-refractivity contribution >= 4 is 11.9 Å². The molecule has 116 valence electrons. The van der Waals surface area contributed by atoms with E-state index in [9.17, 15) is 9.59 Å². The zero-order chi connectivity index (χ0) is 15.8. The minimum atomic E-state index is -0.404. The Balaban J connectivity index is 2.58. The predicted octanol–water partition coefficient (Wildman–Crippen LogP) is 1.47. The summed E-state index contributed by atoms with van der Waals surface area (Å²) in [5.74, 6) is -0.519. The van der Waals surface area contributed by atoms with Gasteiger partial charge in [0.25, 0.3) is 0 Å². The normalized spacial score (nSPS) is 10.2. The lowest BCUT2D eigenvalue weighted by molar-refractivity contribution is -0.148. The molecule has 6 heteroatoms. The average molecular weight is 293 g/mol. The molecule has 0 N–H and O–H groups in total. The van der Waals surface area contributed by atoms with Crippen LogP contribution in [0, 0.1) is 13.8 Å². The number of esters is 1. The van der Waals surface area contributed by atoms with E-state index in [0.717, 1.165) is 11.4 Å². The molecule has 1 aromatic rings. The molecule has 1 heterocycles. The molecule has 0 radical (unpaired) electrons. The summed E-state index contributed by atoms with van der Waals surface area (Å²) in [7, 11) is 0. The number of rotatable bonds is 8. The number of aryl methyl sites for hydroxylation is 3. The van der Waals surface area contributed by atoms with E-state index in [-0.39, 0.29) is 18.9 Å². The minimum absolute atomic E-state index is 0.0458. The number of carbonyl (C=O) groups excluding carboxylic acids is 2. The number of carbonyl (C=O) groups is 2. The molecule has 1 rings (SSSR count). The smallest absolute Gasteiger partial charge is 0.325 e. The fraction of sp³-hybridized carbons (Fsp3) is 0.533. The third-order valence-corrected chi connectivity index (χ3v) is 2.97. The second-order valence-electron chi connectivity index (χ2n) is 4.77. The number of hydrogen-bond donors (Lipinski definition) is 0. The van der Waals surface area contributed by atoms with E-state index in [1.165, 1.54) is 4.90 Å². The van der Waals surface area contributed by atoms with Gasteiger partial charge >= 0.3 is 5.97 Å². The summed E-state index contributed by atoms with van der Waals surface area (Å²) < 4.78 is 6.66. The van der Waals surface area contributed by atoms with Crippen molar-refractivity contribution in [2.75, 3.05) is 19.7 Å². The third kappa shape index (κ3) is 5.41. The molecule has 0 saturated heterocycles. The van der Waals surface area contributed by atoms with Crippen molar-refractivity contribution in [2.45, 2.75) is 33.7 Å². The van der Waals surface area contributed by atoms with Gasteiger partial charge in [-0.15, -0.1) is 6.58 Å². The van der Waals surface area contributed by atoms with Gasteiger partial charge in [0.05, 0.1) is 12.3 Å². The van der Waals surface area contributed by atoms with Crippen LogP contribution in [0.5, 0.6) is 0 Å². The van der Waals surface area contributed by atoms with E-state index in [1.807, 2.05) is 19.9 Å². The van der Waals surface area contributed by atoms with Crippen LogP contribution in [0.4, 0.5) is 0 Å². The highest BCUT2D eigenvalue weighted by Gasteiger charge is 2.17. The van der Waals surface area contributed by atoms with Crippen molar-refractivity contribution in [3.63, 3.8) is 0 Å². The Bertz CT molecular complexity index is 508. The molecule has 0 aliphatic carbocycles. The summed E-state index contributed by atoms with van der Waals surface area (Å²) >= 11 is 0. The first kappa shape index (κ1) is 16.9. The van der Waals surface area contributed by atoms with Gasteiger partial charge in [-0.25, -0.2) is 0 Å². The van der Waals surface area contributed by atoms with E-state index in [2.05, 4.69) is 11.7 Å². The molecule has 0 saturated carbocycles. The number of aromatic nitrogens is 2. The van der Waals surface area contributed by atoms with Crippen molar-refractivity contribution in [1.29, 1.82) is 0 Å². The predicted molar refractivity (Wildman–Crippen MR) is 79.7 cm³/mol. The second kappa shape index (κ2) is 8.24. The fourth-order valence-corrected chi connectivity index (χ4v) is 2.03. The summed E-state index contributed by atoms with van der Waals surface area (Å²) in [4.78, 5) is 25.1. The zero-order valence-corrected chi connectivity index (χ0v) is 13.0. The van der Waals surface area contributed by atoms with Crippen LogP contribution in [0.3, 0.4) is 0 Å². The van der Waals surface area contributed by atoms with Crippen LogP contribution in [-0.4, -0.2) is 46.3 Å². The lowest BCUT2D eigenvalue weighted by atomic mass is 10.3. The monoisotopic (exact) mass is 293 g/mol. The standard InChI is InChI=1S/C15H23N3O3/c1-5-8-17(11-15(20)21-6-2)14(19)7-9-18-13(4)10-12(3)16-18/h5,10H,1,6-9,11H2,2-4H3. The number of nitrogens with zero attached hydrogens (tertiary/aromatic N) is 3. The second-order valence-corrected chi connectivity index (χ2v) is 4.77. The molecule has 0 aliphatic rings. The molecule has 0 spiro atoms. The largest absolute Gasteiger partial charge is 0.465 e. The molecule has 1 amide bonds. The molecular weight excluding hydrogens is 270 g/mol. The Kier molecular flexibility index (Phi) is 6.65. The van der Waals surface area contributed by atoms with Crippen molar-refractivity contribution in [2.24, 2.45) is 0 Å². The van der Waals surface area contributed by atoms with Gasteiger partial charge in [-0.1, -0.05) is 6.08 Å². The Morgan fingerprint density at radius 3 is 2.71 bits per heavy atom. The molecule has 1 aromatic heterocycles. The van der Waals surface area contributed by atoms with Crippen LogP contribution in [0.1, 0.15) is 24.7 Å². The maximum atomic E-state index is 12.2. The first-order valence-electron chi connectivity index (χ1n) is 7.03. The van der Waals surface area contributed by atoms with Gasteiger partial charge < -0.3 is 9.64 Å². The van der Waals surface area contributed by atoms with Gasteiger partial charge in [-0.2, -0.15) is 5.10 Å². The van der Waals surface area contributed by atoms with Crippen LogP contribution < -0.4 is 0 Å². The lowest BCUT2D eigenvalue weighted by Crippen LogP contribution is -2.37. The van der Waals surface area contributed by atoms with Crippen molar-refractivity contribution in [3.05, 3.63) is 30.1 Å². The van der Waals surface area contributed by atoms with E-state index in [1.54, 1.807) is 17.7 Å². The average Bonchev–Trinajstić information content (AvgIpc) is 2.74. The molecule has 0 aliphatic heterocycles. The number of ether oxygens (including phenoxy) is 1. The molecule has 21 heavy (non-hydrogen) atoms. The number of hydrogen-bond acceptors (Lipinski definition) is 4. The molecule has 6 nitrogen and oxygen atoms in total. The fourth-order valence-electron chi connectivity index (χ4n) is 2.03. The van der Waals surface area contributed by atoms with Crippen LogP contribution in [0.2, 0.25) is 0 Å². The van der Waals surface area contributed by atoms with E-state index < -0.39 is 5.97 Å². The van der Waals surface area contributed by atoms with Gasteiger partial charge in [0, 0.05) is 25.2 Å². The Hall–Kier alpha value is -2.11. The molecule has 0 atom stereocenters. The van der Waals surface area contributed by atoms with Crippen LogP contribution in [-0.2, 0) is 20.9 Å². The summed E-state index contributed by atoms with van der Waals surface area (Å²) in [6.07, 6.45) is 1.88. The first-order chi connectivity index (χ1) is 9.97. The zero-order valence-electron chi connectivity index (χ0n) is 13.0. The summed E-state index contributed by atoms with van der Waals surface area (Å²) in [5.41, 5.74) is 1.94. The van der Waals surface area contributed by atoms with Gasteiger partial charge in [0.15, 0.2) is 0 Å². The minimum Gasteiger partial charge on any atom is -0.465 e. The van der Waals surface area contributed by atoms with Gasteiger partial charge in [0.1, 0.15) is 6.54 Å². The van der Waals surface area contributed by atoms with Crippen molar-refractivity contribution in [1.82, 2.24) is 14.7 Å². The topological polar surface area (TPSA) is 64.4 Å². The van der Waals surface area contributed by atoms with Gasteiger partial charge in [-0.3, -0.25) is 14.3 Å². The quantitative estimate of drug-likeness (QED) is 0.538. The van der Waals surface area contributed by atoms with Crippen LogP contribution in [0.25, 0.3) is 0 Å². The van der Waals surface area contributed by atoms with Crippen molar-refractivity contribution in [3.8, 4) is 0 Å². The molecule has 0 bridgehead atoms. The Labute approximate surface area is 125 Å². The maximum Gasteiger partial charge on any atom is 0.325 e. The Morgan fingerprint density at radius 2 is 2.19 bits per heavy atom. The highest BCUT2D eigenvalue weighted by molar-refractivity contribution is 5.82. The molecule has 0 fully saturated rings. The Morgan fingerprint density at radius 1 is 1.48 bits per heavy atom. The summed E-state index contributed by atoms with van der Waals surface area (Å²) in [6, 6.07) is 1.96. The highest BCUT2D eigenvalue weighted by Crippen LogP contribution is 2.04. The van der Waals surface area contributed by atoms with E-state index in [4.69, 9.17) is 4.74 Å². The summed E-state index contributed by atoms with van der Waals surface area (Å²) in [5, 5.41) is 4.31. The van der Waals surface area contributed by atoms with Gasteiger partial charge in [0.2, 0.25) is 5.91 Å². The molecular formula is C15H23N3O3.